The summed E-state index contributed by atoms with van der Waals surface area (Å²) in [7, 11) is 0. The highest BCUT2D eigenvalue weighted by Crippen LogP contribution is 2.21. The molecule has 1 atom stereocenters. The molecule has 2 fully saturated rings. The Morgan fingerprint density at radius 3 is 2.62 bits per heavy atom. The Kier molecular flexibility index (Phi) is 5.17. The molecule has 1 heterocycles. The molecule has 1 saturated heterocycles. The van der Waals surface area contributed by atoms with Gasteiger partial charge in [0, 0.05) is 11.7 Å². The topological polar surface area (TPSA) is 70.7 Å². The van der Waals surface area contributed by atoms with Crippen molar-refractivity contribution in [3.63, 3.8) is 0 Å². The lowest BCUT2D eigenvalue weighted by Gasteiger charge is -2.23. The third-order valence-electron chi connectivity index (χ3n) is 4.44. The number of benzene rings is 1. The van der Waals surface area contributed by atoms with E-state index in [4.69, 9.17) is 4.74 Å². The first-order chi connectivity index (χ1) is 11.6. The van der Waals surface area contributed by atoms with Crippen LogP contribution in [-0.4, -0.2) is 37.4 Å². The van der Waals surface area contributed by atoms with Crippen molar-refractivity contribution in [3.8, 4) is 0 Å². The molecule has 7 heteroatoms. The Labute approximate surface area is 140 Å². The summed E-state index contributed by atoms with van der Waals surface area (Å²) in [6.07, 6.45) is 4.67. The lowest BCUT2D eigenvalue weighted by Crippen LogP contribution is -2.45. The van der Waals surface area contributed by atoms with E-state index in [1.54, 1.807) is 0 Å². The Bertz CT molecular complexity index is 587. The lowest BCUT2D eigenvalue weighted by atomic mass is 9.96. The molecule has 0 unspecified atom stereocenters. The second kappa shape index (κ2) is 7.51. The summed E-state index contributed by atoms with van der Waals surface area (Å²) in [6.45, 7) is 0.580. The number of anilines is 1. The third-order valence-corrected chi connectivity index (χ3v) is 4.44. The zero-order valence-electron chi connectivity index (χ0n) is 13.5. The number of ether oxygens (including phenoxy) is 1. The fraction of sp³-hybridized carbons (Fsp3) is 0.529. The van der Waals surface area contributed by atoms with E-state index in [9.17, 15) is 14.0 Å². The summed E-state index contributed by atoms with van der Waals surface area (Å²) in [5.74, 6) is -0.357. The molecule has 0 spiro atoms. The van der Waals surface area contributed by atoms with Gasteiger partial charge in [-0.3, -0.25) is 4.90 Å². The largest absolute Gasteiger partial charge is 0.442 e. The number of carbonyl (C=O) groups excluding carboxylic acids is 2. The van der Waals surface area contributed by atoms with Gasteiger partial charge in [0.1, 0.15) is 11.9 Å². The van der Waals surface area contributed by atoms with E-state index in [2.05, 4.69) is 10.6 Å². The molecule has 1 aliphatic heterocycles. The SMILES string of the molecule is O=C(NC[C@@H]1CN(c2ccc(F)cc2)C(=O)O1)NC1CCCCC1. The van der Waals surface area contributed by atoms with Gasteiger partial charge in [-0.15, -0.1) is 0 Å². The van der Waals surface area contributed by atoms with E-state index >= 15 is 0 Å². The molecule has 3 rings (SSSR count). The second-order valence-electron chi connectivity index (χ2n) is 6.28. The fourth-order valence-electron chi connectivity index (χ4n) is 3.15. The van der Waals surface area contributed by atoms with Crippen molar-refractivity contribution in [2.75, 3.05) is 18.0 Å². The zero-order valence-corrected chi connectivity index (χ0v) is 13.5. The van der Waals surface area contributed by atoms with Crippen LogP contribution in [0.2, 0.25) is 0 Å². The van der Waals surface area contributed by atoms with Crippen molar-refractivity contribution < 1.29 is 18.7 Å². The molecule has 0 aromatic heterocycles. The van der Waals surface area contributed by atoms with Gasteiger partial charge in [-0.2, -0.15) is 0 Å². The molecule has 1 aromatic rings. The van der Waals surface area contributed by atoms with Gasteiger partial charge in [0.05, 0.1) is 13.1 Å². The second-order valence-corrected chi connectivity index (χ2v) is 6.28. The minimum absolute atomic E-state index is 0.224. The Morgan fingerprint density at radius 1 is 1.21 bits per heavy atom. The Balaban J connectivity index is 1.45. The van der Waals surface area contributed by atoms with Gasteiger partial charge in [-0.05, 0) is 37.1 Å². The van der Waals surface area contributed by atoms with Crippen molar-refractivity contribution in [1.82, 2.24) is 10.6 Å². The summed E-state index contributed by atoms with van der Waals surface area (Å²) in [4.78, 5) is 25.3. The number of nitrogens with one attached hydrogen (secondary N) is 2. The van der Waals surface area contributed by atoms with Crippen LogP contribution < -0.4 is 15.5 Å². The monoisotopic (exact) mass is 335 g/mol. The Hall–Kier alpha value is -2.31. The molecule has 1 aliphatic carbocycles. The fourth-order valence-corrected chi connectivity index (χ4v) is 3.15. The predicted octanol–water partition coefficient (Wildman–Crippen LogP) is 2.78. The van der Waals surface area contributed by atoms with Crippen LogP contribution in [0.25, 0.3) is 0 Å². The van der Waals surface area contributed by atoms with Crippen LogP contribution in [0.1, 0.15) is 32.1 Å². The van der Waals surface area contributed by atoms with Crippen molar-refractivity contribution in [3.05, 3.63) is 30.1 Å². The van der Waals surface area contributed by atoms with Gasteiger partial charge in [0.25, 0.3) is 0 Å². The molecule has 0 bridgehead atoms. The van der Waals surface area contributed by atoms with Gasteiger partial charge in [0.15, 0.2) is 0 Å². The van der Waals surface area contributed by atoms with E-state index < -0.39 is 12.2 Å². The predicted molar refractivity (Wildman–Crippen MR) is 87.4 cm³/mol. The smallest absolute Gasteiger partial charge is 0.414 e. The van der Waals surface area contributed by atoms with Crippen LogP contribution in [0.5, 0.6) is 0 Å². The summed E-state index contributed by atoms with van der Waals surface area (Å²) in [5, 5.41) is 5.72. The van der Waals surface area contributed by atoms with E-state index in [1.165, 1.54) is 35.6 Å². The van der Waals surface area contributed by atoms with Gasteiger partial charge in [0.2, 0.25) is 0 Å². The average Bonchev–Trinajstić information content (AvgIpc) is 2.95. The van der Waals surface area contributed by atoms with Crippen molar-refractivity contribution >= 4 is 17.8 Å². The van der Waals surface area contributed by atoms with E-state index in [1.807, 2.05) is 0 Å². The number of halogens is 1. The average molecular weight is 335 g/mol. The molecule has 3 amide bonds. The number of urea groups is 1. The first-order valence-corrected chi connectivity index (χ1v) is 8.40. The molecular formula is C17H22FN3O3. The molecule has 1 saturated carbocycles. The lowest BCUT2D eigenvalue weighted by molar-refractivity contribution is 0.140. The van der Waals surface area contributed by atoms with Crippen LogP contribution in [0, 0.1) is 5.82 Å². The highest BCUT2D eigenvalue weighted by Gasteiger charge is 2.32. The number of hydrogen-bond acceptors (Lipinski definition) is 3. The number of amides is 3. The van der Waals surface area contributed by atoms with Gasteiger partial charge < -0.3 is 15.4 Å². The van der Waals surface area contributed by atoms with Gasteiger partial charge in [-0.25, -0.2) is 14.0 Å². The maximum atomic E-state index is 13.0. The van der Waals surface area contributed by atoms with Crippen LogP contribution in [0.15, 0.2) is 24.3 Å². The number of hydrogen-bond donors (Lipinski definition) is 2. The molecule has 6 nitrogen and oxygen atoms in total. The minimum Gasteiger partial charge on any atom is -0.442 e. The van der Waals surface area contributed by atoms with E-state index in [-0.39, 0.29) is 24.4 Å². The minimum atomic E-state index is -0.485. The molecule has 24 heavy (non-hydrogen) atoms. The summed E-state index contributed by atoms with van der Waals surface area (Å²) in [5.41, 5.74) is 0.579. The summed E-state index contributed by atoms with van der Waals surface area (Å²) in [6, 6.07) is 5.67. The van der Waals surface area contributed by atoms with Crippen LogP contribution in [0.4, 0.5) is 19.7 Å². The maximum absolute atomic E-state index is 13.0. The highest BCUT2D eigenvalue weighted by atomic mass is 19.1. The van der Waals surface area contributed by atoms with Crippen molar-refractivity contribution in [2.24, 2.45) is 0 Å². The van der Waals surface area contributed by atoms with Crippen LogP contribution in [-0.2, 0) is 4.74 Å². The number of nitrogens with zero attached hydrogens (tertiary/aromatic N) is 1. The first-order valence-electron chi connectivity index (χ1n) is 8.40. The molecule has 0 radical (unpaired) electrons. The summed E-state index contributed by atoms with van der Waals surface area (Å²) >= 11 is 0. The zero-order chi connectivity index (χ0) is 16.9. The first kappa shape index (κ1) is 16.5. The highest BCUT2D eigenvalue weighted by molar-refractivity contribution is 5.89. The maximum Gasteiger partial charge on any atom is 0.414 e. The van der Waals surface area contributed by atoms with Crippen LogP contribution >= 0.6 is 0 Å². The number of cyclic esters (lactones) is 1. The van der Waals surface area contributed by atoms with E-state index in [0.29, 0.717) is 12.2 Å². The summed E-state index contributed by atoms with van der Waals surface area (Å²) < 4.78 is 18.2. The normalized spacial score (nSPS) is 21.5. The molecule has 2 aliphatic rings. The third kappa shape index (κ3) is 4.15. The molecule has 1 aromatic carbocycles. The molecule has 2 N–H and O–H groups in total. The number of rotatable bonds is 4. The molecule has 130 valence electrons. The molecular weight excluding hydrogens is 313 g/mol. The van der Waals surface area contributed by atoms with Crippen molar-refractivity contribution in [2.45, 2.75) is 44.2 Å². The Morgan fingerprint density at radius 2 is 1.92 bits per heavy atom. The van der Waals surface area contributed by atoms with Gasteiger partial charge in [-0.1, -0.05) is 19.3 Å². The van der Waals surface area contributed by atoms with Gasteiger partial charge >= 0.3 is 12.1 Å². The standard InChI is InChI=1S/C17H22FN3O3/c18-12-6-8-14(9-7-12)21-11-15(24-17(21)23)10-19-16(22)20-13-4-2-1-3-5-13/h6-9,13,15H,1-5,10-11H2,(H2,19,20,22)/t15-/m1/s1. The quantitative estimate of drug-likeness (QED) is 0.889. The van der Waals surface area contributed by atoms with Crippen LogP contribution in [0.3, 0.4) is 0 Å². The van der Waals surface area contributed by atoms with Crippen molar-refractivity contribution in [1.29, 1.82) is 0 Å². The van der Waals surface area contributed by atoms with E-state index in [0.717, 1.165) is 25.7 Å². The number of carbonyl (C=O) groups is 2.